The summed E-state index contributed by atoms with van der Waals surface area (Å²) in [6.07, 6.45) is 1.84. The van der Waals surface area contributed by atoms with E-state index in [0.29, 0.717) is 11.7 Å². The largest absolute Gasteiger partial charge is 0.336 e. The molecule has 100 valence electrons. The summed E-state index contributed by atoms with van der Waals surface area (Å²) < 4.78 is 0. The Balaban J connectivity index is 2.03. The van der Waals surface area contributed by atoms with Gasteiger partial charge in [0.15, 0.2) is 0 Å². The molecule has 0 radical (unpaired) electrons. The minimum Gasteiger partial charge on any atom is -0.336 e. The fourth-order valence-corrected chi connectivity index (χ4v) is 2.34. The molecule has 1 amide bonds. The Hall–Kier alpha value is -1.39. The normalized spacial score (nSPS) is 20.4. The van der Waals surface area contributed by atoms with Gasteiger partial charge in [0.2, 0.25) is 5.82 Å². The Kier molecular flexibility index (Phi) is 3.41. The second-order valence-electron chi connectivity index (χ2n) is 6.06. The third-order valence-corrected chi connectivity index (χ3v) is 3.76. The van der Waals surface area contributed by atoms with Gasteiger partial charge in [0.1, 0.15) is 5.82 Å². The molecule has 5 nitrogen and oxygen atoms in total. The molecular formula is C13H22N4O. The van der Waals surface area contributed by atoms with Crippen LogP contribution < -0.4 is 0 Å². The van der Waals surface area contributed by atoms with Crippen molar-refractivity contribution in [1.29, 1.82) is 0 Å². The smallest absolute Gasteiger partial charge is 0.293 e. The zero-order valence-electron chi connectivity index (χ0n) is 11.7. The number of aryl methyl sites for hydroxylation is 1. The highest BCUT2D eigenvalue weighted by Crippen LogP contribution is 2.33. The molecule has 1 saturated heterocycles. The molecule has 1 N–H and O–H groups in total. The molecule has 1 aromatic rings. The molecule has 18 heavy (non-hydrogen) atoms. The topological polar surface area (TPSA) is 61.9 Å². The van der Waals surface area contributed by atoms with Crippen molar-refractivity contribution in [3.63, 3.8) is 0 Å². The van der Waals surface area contributed by atoms with Gasteiger partial charge < -0.3 is 4.90 Å². The lowest BCUT2D eigenvalue weighted by Gasteiger charge is -2.26. The van der Waals surface area contributed by atoms with E-state index < -0.39 is 0 Å². The van der Waals surface area contributed by atoms with Crippen LogP contribution in [0.1, 0.15) is 50.6 Å². The van der Waals surface area contributed by atoms with Crippen LogP contribution in [0.15, 0.2) is 0 Å². The van der Waals surface area contributed by atoms with Crippen LogP contribution in [0.4, 0.5) is 0 Å². The summed E-state index contributed by atoms with van der Waals surface area (Å²) in [5.74, 6) is 1.59. The molecule has 5 heteroatoms. The maximum Gasteiger partial charge on any atom is 0.293 e. The van der Waals surface area contributed by atoms with Crippen LogP contribution in [0.25, 0.3) is 0 Å². The van der Waals surface area contributed by atoms with Crippen molar-refractivity contribution in [2.24, 2.45) is 11.3 Å². The number of amides is 1. The predicted molar refractivity (Wildman–Crippen MR) is 69.2 cm³/mol. The Morgan fingerprint density at radius 2 is 2.22 bits per heavy atom. The molecule has 1 aromatic heterocycles. The number of carbonyl (C=O) groups is 1. The lowest BCUT2D eigenvalue weighted by atomic mass is 9.80. The van der Waals surface area contributed by atoms with Gasteiger partial charge in [-0.05, 0) is 17.8 Å². The van der Waals surface area contributed by atoms with Crippen LogP contribution >= 0.6 is 0 Å². The molecule has 1 atom stereocenters. The summed E-state index contributed by atoms with van der Waals surface area (Å²) in [5, 5.41) is 6.78. The van der Waals surface area contributed by atoms with Gasteiger partial charge in [0, 0.05) is 19.5 Å². The second-order valence-corrected chi connectivity index (χ2v) is 6.06. The number of H-pyrrole nitrogens is 1. The molecule has 1 fully saturated rings. The molecule has 2 heterocycles. The lowest BCUT2D eigenvalue weighted by molar-refractivity contribution is 0.0765. The summed E-state index contributed by atoms with van der Waals surface area (Å²) in [4.78, 5) is 18.3. The summed E-state index contributed by atoms with van der Waals surface area (Å²) in [7, 11) is 0. The fraction of sp³-hybridized carbons (Fsp3) is 0.769. The third-order valence-electron chi connectivity index (χ3n) is 3.76. The molecule has 0 aromatic carbocycles. The highest BCUT2D eigenvalue weighted by atomic mass is 16.2. The van der Waals surface area contributed by atoms with Crippen LogP contribution in [-0.4, -0.2) is 39.1 Å². The van der Waals surface area contributed by atoms with Crippen molar-refractivity contribution in [2.45, 2.75) is 40.5 Å². The van der Waals surface area contributed by atoms with Crippen molar-refractivity contribution in [3.8, 4) is 0 Å². The number of aromatic nitrogens is 3. The van der Waals surface area contributed by atoms with Crippen LogP contribution in [0, 0.1) is 11.3 Å². The van der Waals surface area contributed by atoms with Gasteiger partial charge in [-0.15, -0.1) is 5.10 Å². The Morgan fingerprint density at radius 3 is 2.72 bits per heavy atom. The Morgan fingerprint density at radius 1 is 1.50 bits per heavy atom. The molecule has 1 aliphatic rings. The van der Waals surface area contributed by atoms with E-state index in [9.17, 15) is 4.79 Å². The van der Waals surface area contributed by atoms with Crippen molar-refractivity contribution < 1.29 is 4.79 Å². The van der Waals surface area contributed by atoms with Gasteiger partial charge in [-0.1, -0.05) is 27.7 Å². The predicted octanol–water partition coefficient (Wildman–Crippen LogP) is 1.88. The van der Waals surface area contributed by atoms with E-state index in [0.717, 1.165) is 31.8 Å². The second kappa shape index (κ2) is 4.71. The maximum absolute atomic E-state index is 12.2. The minimum absolute atomic E-state index is 0.0438. The number of nitrogens with one attached hydrogen (secondary N) is 1. The van der Waals surface area contributed by atoms with Gasteiger partial charge in [-0.3, -0.25) is 9.89 Å². The van der Waals surface area contributed by atoms with E-state index >= 15 is 0 Å². The Labute approximate surface area is 108 Å². The van der Waals surface area contributed by atoms with Gasteiger partial charge in [-0.2, -0.15) is 0 Å². The zero-order valence-corrected chi connectivity index (χ0v) is 11.7. The van der Waals surface area contributed by atoms with Gasteiger partial charge in [0.25, 0.3) is 5.91 Å². The molecule has 1 aliphatic heterocycles. The molecule has 0 aliphatic carbocycles. The molecule has 0 spiro atoms. The zero-order chi connectivity index (χ0) is 13.3. The van der Waals surface area contributed by atoms with E-state index in [4.69, 9.17) is 0 Å². The first-order valence-electron chi connectivity index (χ1n) is 6.62. The van der Waals surface area contributed by atoms with Gasteiger partial charge >= 0.3 is 0 Å². The Bertz CT molecular complexity index is 432. The van der Waals surface area contributed by atoms with E-state index in [1.807, 2.05) is 11.8 Å². The van der Waals surface area contributed by atoms with Crippen LogP contribution in [-0.2, 0) is 6.42 Å². The minimum atomic E-state index is -0.0438. The number of aromatic amines is 1. The first kappa shape index (κ1) is 13.1. The van der Waals surface area contributed by atoms with Gasteiger partial charge in [0.05, 0.1) is 0 Å². The number of hydrogen-bond donors (Lipinski definition) is 1. The van der Waals surface area contributed by atoms with Gasteiger partial charge in [-0.25, -0.2) is 4.98 Å². The average molecular weight is 250 g/mol. The third kappa shape index (κ3) is 2.54. The first-order chi connectivity index (χ1) is 8.41. The fourth-order valence-electron chi connectivity index (χ4n) is 2.34. The van der Waals surface area contributed by atoms with E-state index in [2.05, 4.69) is 36.0 Å². The number of rotatable bonds is 2. The van der Waals surface area contributed by atoms with E-state index in [-0.39, 0.29) is 11.3 Å². The van der Waals surface area contributed by atoms with Crippen LogP contribution in [0.2, 0.25) is 0 Å². The van der Waals surface area contributed by atoms with E-state index in [1.54, 1.807) is 0 Å². The van der Waals surface area contributed by atoms with Crippen molar-refractivity contribution in [1.82, 2.24) is 20.1 Å². The maximum atomic E-state index is 12.2. The monoisotopic (exact) mass is 250 g/mol. The molecule has 0 bridgehead atoms. The highest BCUT2D eigenvalue weighted by molar-refractivity contribution is 5.90. The summed E-state index contributed by atoms with van der Waals surface area (Å²) in [5.41, 5.74) is 0.253. The molecule has 0 saturated carbocycles. The van der Waals surface area contributed by atoms with E-state index in [1.165, 1.54) is 0 Å². The summed E-state index contributed by atoms with van der Waals surface area (Å²) >= 11 is 0. The van der Waals surface area contributed by atoms with Crippen molar-refractivity contribution in [3.05, 3.63) is 11.6 Å². The molecular weight excluding hydrogens is 228 g/mol. The lowest BCUT2D eigenvalue weighted by Crippen LogP contribution is -2.31. The number of carbonyl (C=O) groups excluding carboxylic acids is 1. The van der Waals surface area contributed by atoms with Crippen molar-refractivity contribution >= 4 is 5.91 Å². The average Bonchev–Trinajstić information content (AvgIpc) is 2.96. The SMILES string of the molecule is CCc1nc(C(=O)N2CCC(C(C)(C)C)C2)n[nH]1. The standard InChI is InChI=1S/C13H22N4O/c1-5-10-14-11(16-15-10)12(18)17-7-6-9(8-17)13(2,3)4/h9H,5-8H2,1-4H3,(H,14,15,16). The first-order valence-corrected chi connectivity index (χ1v) is 6.62. The van der Waals surface area contributed by atoms with Crippen LogP contribution in [0.5, 0.6) is 0 Å². The number of hydrogen-bond acceptors (Lipinski definition) is 3. The van der Waals surface area contributed by atoms with Crippen LogP contribution in [0.3, 0.4) is 0 Å². The summed E-state index contributed by atoms with van der Waals surface area (Å²) in [6, 6.07) is 0. The molecule has 2 rings (SSSR count). The quantitative estimate of drug-likeness (QED) is 0.871. The van der Waals surface area contributed by atoms with Crippen molar-refractivity contribution in [2.75, 3.05) is 13.1 Å². The summed E-state index contributed by atoms with van der Waals surface area (Å²) in [6.45, 7) is 10.3. The number of nitrogens with zero attached hydrogens (tertiary/aromatic N) is 3. The number of likely N-dealkylation sites (tertiary alicyclic amines) is 1. The highest BCUT2D eigenvalue weighted by Gasteiger charge is 2.35. The molecule has 1 unspecified atom stereocenters.